The molecular formula is C8H12F3N3. The van der Waals surface area contributed by atoms with E-state index in [1.165, 1.54) is 7.05 Å². The molecule has 3 nitrogen and oxygen atoms in total. The van der Waals surface area contributed by atoms with Gasteiger partial charge < -0.3 is 5.32 Å². The Morgan fingerprint density at radius 3 is 2.29 bits per heavy atom. The van der Waals surface area contributed by atoms with Gasteiger partial charge in [0.2, 0.25) is 0 Å². The monoisotopic (exact) mass is 207 g/mol. The summed E-state index contributed by atoms with van der Waals surface area (Å²) in [6, 6.07) is 0.689. The van der Waals surface area contributed by atoms with Crippen LogP contribution in [0.2, 0.25) is 0 Å². The fraction of sp³-hybridized carbons (Fsp3) is 0.625. The SMILES string of the molecule is CNc1cc(C(F)(F)F)n(C(C)C)n1. The lowest BCUT2D eigenvalue weighted by molar-refractivity contribution is -0.144. The summed E-state index contributed by atoms with van der Waals surface area (Å²) in [6.07, 6.45) is -4.35. The summed E-state index contributed by atoms with van der Waals surface area (Å²) < 4.78 is 38.4. The van der Waals surface area contributed by atoms with Gasteiger partial charge in [0, 0.05) is 19.2 Å². The molecule has 1 heterocycles. The van der Waals surface area contributed by atoms with Crippen molar-refractivity contribution in [3.05, 3.63) is 11.8 Å². The Morgan fingerprint density at radius 2 is 2.00 bits per heavy atom. The standard InChI is InChI=1S/C8H12F3N3/c1-5(2)14-6(8(9,10)11)4-7(12-3)13-14/h4-5H,1-3H3,(H,12,13). The predicted octanol–water partition coefficient (Wildman–Crippen LogP) is 2.52. The summed E-state index contributed by atoms with van der Waals surface area (Å²) >= 11 is 0. The van der Waals surface area contributed by atoms with Gasteiger partial charge >= 0.3 is 6.18 Å². The molecule has 0 aliphatic heterocycles. The molecule has 0 atom stereocenters. The first kappa shape index (κ1) is 10.9. The predicted molar refractivity (Wildman–Crippen MR) is 47.2 cm³/mol. The van der Waals surface area contributed by atoms with Gasteiger partial charge in [0.15, 0.2) is 0 Å². The molecule has 1 aromatic rings. The van der Waals surface area contributed by atoms with Crippen LogP contribution in [-0.4, -0.2) is 16.8 Å². The van der Waals surface area contributed by atoms with Gasteiger partial charge in [0.1, 0.15) is 11.5 Å². The first-order chi connectivity index (χ1) is 6.36. The van der Waals surface area contributed by atoms with Gasteiger partial charge in [-0.05, 0) is 13.8 Å². The highest BCUT2D eigenvalue weighted by molar-refractivity contribution is 5.36. The van der Waals surface area contributed by atoms with Crippen LogP contribution in [0, 0.1) is 0 Å². The number of nitrogens with one attached hydrogen (secondary N) is 1. The molecule has 0 radical (unpaired) electrons. The smallest absolute Gasteiger partial charge is 0.372 e. The fourth-order valence-corrected chi connectivity index (χ4v) is 1.12. The van der Waals surface area contributed by atoms with E-state index >= 15 is 0 Å². The molecule has 0 saturated heterocycles. The molecule has 0 saturated carbocycles. The van der Waals surface area contributed by atoms with Gasteiger partial charge in [-0.3, -0.25) is 4.68 Å². The van der Waals surface area contributed by atoms with Crippen LogP contribution >= 0.6 is 0 Å². The van der Waals surface area contributed by atoms with Crippen molar-refractivity contribution in [1.29, 1.82) is 0 Å². The van der Waals surface area contributed by atoms with E-state index in [2.05, 4.69) is 10.4 Å². The number of nitrogens with zero attached hydrogens (tertiary/aromatic N) is 2. The first-order valence-corrected chi connectivity index (χ1v) is 4.20. The zero-order valence-electron chi connectivity index (χ0n) is 8.18. The molecule has 0 aliphatic rings. The summed E-state index contributed by atoms with van der Waals surface area (Å²) in [5.41, 5.74) is -0.725. The Bertz CT molecular complexity index is 314. The van der Waals surface area contributed by atoms with E-state index in [4.69, 9.17) is 0 Å². The zero-order valence-corrected chi connectivity index (χ0v) is 8.18. The maximum atomic E-state index is 12.5. The molecular weight excluding hydrogens is 195 g/mol. The van der Waals surface area contributed by atoms with E-state index in [1.807, 2.05) is 0 Å². The van der Waals surface area contributed by atoms with Crippen molar-refractivity contribution in [2.45, 2.75) is 26.1 Å². The normalized spacial score (nSPS) is 12.2. The Hall–Kier alpha value is -1.20. The number of rotatable bonds is 2. The van der Waals surface area contributed by atoms with E-state index in [-0.39, 0.29) is 11.9 Å². The summed E-state index contributed by atoms with van der Waals surface area (Å²) in [5.74, 6) is 0.228. The minimum atomic E-state index is -4.35. The second-order valence-corrected chi connectivity index (χ2v) is 3.20. The number of halogens is 3. The van der Waals surface area contributed by atoms with Gasteiger partial charge in [0.25, 0.3) is 0 Å². The van der Waals surface area contributed by atoms with E-state index in [1.54, 1.807) is 13.8 Å². The van der Waals surface area contributed by atoms with Gasteiger partial charge in [-0.1, -0.05) is 0 Å². The topological polar surface area (TPSA) is 29.9 Å². The van der Waals surface area contributed by atoms with Crippen LogP contribution in [0.5, 0.6) is 0 Å². The van der Waals surface area contributed by atoms with Crippen molar-refractivity contribution in [3.8, 4) is 0 Å². The van der Waals surface area contributed by atoms with E-state index in [0.717, 1.165) is 10.7 Å². The highest BCUT2D eigenvalue weighted by atomic mass is 19.4. The summed E-state index contributed by atoms with van der Waals surface area (Å²) in [5, 5.41) is 6.36. The molecule has 6 heteroatoms. The average molecular weight is 207 g/mol. The van der Waals surface area contributed by atoms with Crippen molar-refractivity contribution in [2.75, 3.05) is 12.4 Å². The number of hydrogen-bond donors (Lipinski definition) is 1. The average Bonchev–Trinajstić information content (AvgIpc) is 2.46. The quantitative estimate of drug-likeness (QED) is 0.807. The second-order valence-electron chi connectivity index (χ2n) is 3.20. The summed E-state index contributed by atoms with van der Waals surface area (Å²) in [6.45, 7) is 3.31. The van der Waals surface area contributed by atoms with E-state index in [0.29, 0.717) is 0 Å². The highest BCUT2D eigenvalue weighted by Crippen LogP contribution is 2.32. The molecule has 0 aliphatic carbocycles. The Morgan fingerprint density at radius 1 is 1.43 bits per heavy atom. The van der Waals surface area contributed by atoms with Crippen molar-refractivity contribution in [2.24, 2.45) is 0 Å². The van der Waals surface area contributed by atoms with Crippen LogP contribution in [-0.2, 0) is 6.18 Å². The molecule has 0 bridgehead atoms. The number of alkyl halides is 3. The molecule has 1 rings (SSSR count). The first-order valence-electron chi connectivity index (χ1n) is 4.20. The van der Waals surface area contributed by atoms with Gasteiger partial charge in [-0.15, -0.1) is 0 Å². The molecule has 1 aromatic heterocycles. The molecule has 80 valence electrons. The van der Waals surface area contributed by atoms with Crippen molar-refractivity contribution in [3.63, 3.8) is 0 Å². The van der Waals surface area contributed by atoms with E-state index < -0.39 is 11.9 Å². The van der Waals surface area contributed by atoms with Gasteiger partial charge in [-0.25, -0.2) is 0 Å². The van der Waals surface area contributed by atoms with Crippen LogP contribution < -0.4 is 5.32 Å². The lowest BCUT2D eigenvalue weighted by Gasteiger charge is -2.12. The fourth-order valence-electron chi connectivity index (χ4n) is 1.12. The molecule has 0 unspecified atom stereocenters. The summed E-state index contributed by atoms with van der Waals surface area (Å²) in [4.78, 5) is 0. The summed E-state index contributed by atoms with van der Waals surface area (Å²) in [7, 11) is 1.53. The third-order valence-corrected chi connectivity index (χ3v) is 1.77. The minimum Gasteiger partial charge on any atom is -0.372 e. The van der Waals surface area contributed by atoms with Crippen molar-refractivity contribution in [1.82, 2.24) is 9.78 Å². The van der Waals surface area contributed by atoms with Crippen LogP contribution in [0.25, 0.3) is 0 Å². The van der Waals surface area contributed by atoms with Crippen molar-refractivity contribution >= 4 is 5.82 Å². The Labute approximate surface area is 79.9 Å². The highest BCUT2D eigenvalue weighted by Gasteiger charge is 2.36. The minimum absolute atomic E-state index is 0.228. The van der Waals surface area contributed by atoms with Crippen LogP contribution in [0.3, 0.4) is 0 Å². The Kier molecular flexibility index (Phi) is 2.73. The van der Waals surface area contributed by atoms with Crippen LogP contribution in [0.1, 0.15) is 25.6 Å². The maximum Gasteiger partial charge on any atom is 0.433 e. The molecule has 0 aromatic carbocycles. The maximum absolute atomic E-state index is 12.5. The van der Waals surface area contributed by atoms with E-state index in [9.17, 15) is 13.2 Å². The van der Waals surface area contributed by atoms with Crippen molar-refractivity contribution < 1.29 is 13.2 Å². The third-order valence-electron chi connectivity index (χ3n) is 1.77. The largest absolute Gasteiger partial charge is 0.433 e. The van der Waals surface area contributed by atoms with Gasteiger partial charge in [-0.2, -0.15) is 18.3 Å². The molecule has 1 N–H and O–H groups in total. The molecule has 0 fully saturated rings. The Balaban J connectivity index is 3.19. The molecule has 0 spiro atoms. The van der Waals surface area contributed by atoms with Gasteiger partial charge in [0.05, 0.1) is 0 Å². The number of hydrogen-bond acceptors (Lipinski definition) is 2. The van der Waals surface area contributed by atoms with Crippen LogP contribution in [0.4, 0.5) is 19.0 Å². The second kappa shape index (κ2) is 3.51. The molecule has 14 heavy (non-hydrogen) atoms. The zero-order chi connectivity index (χ0) is 10.9. The van der Waals surface area contributed by atoms with Crippen LogP contribution in [0.15, 0.2) is 6.07 Å². The number of anilines is 1. The lowest BCUT2D eigenvalue weighted by Crippen LogP contribution is -2.16. The number of aromatic nitrogens is 2. The molecule has 0 amide bonds. The lowest BCUT2D eigenvalue weighted by atomic mass is 10.3. The third kappa shape index (κ3) is 2.00.